The van der Waals surface area contributed by atoms with Crippen LogP contribution in [0, 0.1) is 12.7 Å². The molecule has 9 heteroatoms. The van der Waals surface area contributed by atoms with E-state index in [1.54, 1.807) is 30.2 Å². The lowest BCUT2D eigenvalue weighted by atomic mass is 10.1. The molecule has 1 atom stereocenters. The van der Waals surface area contributed by atoms with Crippen LogP contribution >= 0.6 is 0 Å². The van der Waals surface area contributed by atoms with E-state index in [0.717, 1.165) is 5.56 Å². The Kier molecular flexibility index (Phi) is 4.72. The number of amides is 1. The number of cyclic esters (lactones) is 1. The van der Waals surface area contributed by atoms with E-state index < -0.39 is 18.0 Å². The van der Waals surface area contributed by atoms with E-state index in [-0.39, 0.29) is 18.9 Å². The Morgan fingerprint density at radius 2 is 2.18 bits per heavy atom. The van der Waals surface area contributed by atoms with Crippen LogP contribution in [0.4, 0.5) is 20.6 Å². The predicted octanol–water partition coefficient (Wildman–Crippen LogP) is 2.82. The monoisotopic (exact) mass is 387 g/mol. The number of halogens is 1. The molecule has 1 aromatic carbocycles. The number of benzene rings is 1. The molecule has 4 rings (SSSR count). The van der Waals surface area contributed by atoms with Crippen LogP contribution in [-0.4, -0.2) is 42.8 Å². The number of ketones is 1. The Morgan fingerprint density at radius 1 is 1.32 bits per heavy atom. The second-order valence-electron chi connectivity index (χ2n) is 6.58. The summed E-state index contributed by atoms with van der Waals surface area (Å²) in [4.78, 5) is 26.7. The van der Waals surface area contributed by atoms with Gasteiger partial charge < -0.3 is 18.9 Å². The number of anilines is 2. The summed E-state index contributed by atoms with van der Waals surface area (Å²) >= 11 is 0. The molecule has 28 heavy (non-hydrogen) atoms. The van der Waals surface area contributed by atoms with E-state index in [1.807, 2.05) is 0 Å². The molecule has 1 unspecified atom stereocenters. The zero-order chi connectivity index (χ0) is 19.7. The number of hydrogen-bond acceptors (Lipinski definition) is 7. The molecular formula is C19H18FN3O5. The fraction of sp³-hybridized carbons (Fsp3) is 0.316. The van der Waals surface area contributed by atoms with Crippen LogP contribution in [0.25, 0.3) is 0 Å². The molecule has 0 N–H and O–H groups in total. The van der Waals surface area contributed by atoms with E-state index in [0.29, 0.717) is 30.2 Å². The largest absolute Gasteiger partial charge is 0.471 e. The summed E-state index contributed by atoms with van der Waals surface area (Å²) in [5, 5.41) is 3.63. The van der Waals surface area contributed by atoms with Crippen LogP contribution in [0.2, 0.25) is 0 Å². The number of allylic oxidation sites excluding steroid dienone is 1. The second kappa shape index (κ2) is 7.34. The minimum absolute atomic E-state index is 0.0173. The third-order valence-corrected chi connectivity index (χ3v) is 4.61. The Hall–Kier alpha value is -3.36. The summed E-state index contributed by atoms with van der Waals surface area (Å²) < 4.78 is 30.1. The number of ether oxygens (including phenoxy) is 2. The van der Waals surface area contributed by atoms with E-state index in [2.05, 4.69) is 9.68 Å². The zero-order valence-electron chi connectivity index (χ0n) is 15.1. The Morgan fingerprint density at radius 3 is 2.89 bits per heavy atom. The lowest BCUT2D eigenvalue weighted by Crippen LogP contribution is -2.28. The first kappa shape index (κ1) is 18.0. The first-order valence-corrected chi connectivity index (χ1v) is 8.80. The summed E-state index contributed by atoms with van der Waals surface area (Å²) in [6.07, 6.45) is 3.65. The van der Waals surface area contributed by atoms with Gasteiger partial charge in [-0.3, -0.25) is 9.69 Å². The molecule has 0 spiro atoms. The minimum Gasteiger partial charge on any atom is -0.471 e. The third kappa shape index (κ3) is 3.55. The highest BCUT2D eigenvalue weighted by atomic mass is 19.1. The number of carbonyl (C=O) groups excluding carboxylic acids is 2. The van der Waals surface area contributed by atoms with Gasteiger partial charge in [-0.25, -0.2) is 9.18 Å². The molecule has 2 aliphatic rings. The van der Waals surface area contributed by atoms with E-state index in [1.165, 1.54) is 23.3 Å². The van der Waals surface area contributed by atoms with Crippen LogP contribution in [0.15, 0.2) is 41.3 Å². The van der Waals surface area contributed by atoms with Gasteiger partial charge in [-0.15, -0.1) is 0 Å². The average molecular weight is 387 g/mol. The molecule has 1 aromatic heterocycles. The van der Waals surface area contributed by atoms with Crippen molar-refractivity contribution in [2.45, 2.75) is 19.4 Å². The fourth-order valence-corrected chi connectivity index (χ4v) is 3.19. The highest BCUT2D eigenvalue weighted by Crippen LogP contribution is 2.32. The van der Waals surface area contributed by atoms with Crippen molar-refractivity contribution in [3.05, 3.63) is 48.1 Å². The maximum absolute atomic E-state index is 14.7. The molecular weight excluding hydrogens is 369 g/mol. The normalized spacial score (nSPS) is 19.3. The number of rotatable bonds is 5. The van der Waals surface area contributed by atoms with Gasteiger partial charge >= 0.3 is 6.09 Å². The Labute approximate surface area is 160 Å². The number of carbonyl (C=O) groups is 2. The van der Waals surface area contributed by atoms with Crippen molar-refractivity contribution < 1.29 is 28.0 Å². The molecule has 8 nitrogen and oxygen atoms in total. The quantitative estimate of drug-likeness (QED) is 0.780. The van der Waals surface area contributed by atoms with Gasteiger partial charge in [-0.05, 0) is 29.8 Å². The highest BCUT2D eigenvalue weighted by Gasteiger charge is 2.34. The Balaban J connectivity index is 1.49. The standard InChI is InChI=1S/C19H18FN3O5/c1-12-8-17(22-5-2-13(24)3-6-22)15(20)9-16(12)23-10-14(28-19(23)25)11-26-18-4-7-27-21-18/h2,4-5,7-9,14H,3,6,10-11H2,1H3. The van der Waals surface area contributed by atoms with Crippen molar-refractivity contribution in [2.24, 2.45) is 0 Å². The summed E-state index contributed by atoms with van der Waals surface area (Å²) in [7, 11) is 0. The van der Waals surface area contributed by atoms with Crippen molar-refractivity contribution >= 4 is 23.3 Å². The van der Waals surface area contributed by atoms with Gasteiger partial charge in [0.05, 0.1) is 17.9 Å². The number of aromatic nitrogens is 1. The average Bonchev–Trinajstić information content (AvgIpc) is 3.32. The van der Waals surface area contributed by atoms with Crippen molar-refractivity contribution in [2.75, 3.05) is 29.5 Å². The van der Waals surface area contributed by atoms with Crippen LogP contribution in [0.3, 0.4) is 0 Å². The molecule has 0 radical (unpaired) electrons. The number of hydrogen-bond donors (Lipinski definition) is 0. The first-order valence-electron chi connectivity index (χ1n) is 8.80. The fourth-order valence-electron chi connectivity index (χ4n) is 3.19. The van der Waals surface area contributed by atoms with Gasteiger partial charge in [-0.1, -0.05) is 0 Å². The Bertz CT molecular complexity index is 928. The minimum atomic E-state index is -0.563. The van der Waals surface area contributed by atoms with Gasteiger partial charge in [0.2, 0.25) is 0 Å². The molecule has 3 heterocycles. The number of nitrogens with zero attached hydrogens (tertiary/aromatic N) is 3. The molecule has 1 fully saturated rings. The molecule has 1 saturated heterocycles. The first-order chi connectivity index (χ1) is 13.5. The van der Waals surface area contributed by atoms with Crippen molar-refractivity contribution in [3.8, 4) is 5.88 Å². The molecule has 0 aliphatic carbocycles. The summed E-state index contributed by atoms with van der Waals surface area (Å²) in [6.45, 7) is 2.55. The topological polar surface area (TPSA) is 85.1 Å². The molecule has 1 amide bonds. The lowest BCUT2D eigenvalue weighted by Gasteiger charge is -2.25. The number of aryl methyl sites for hydroxylation is 1. The highest BCUT2D eigenvalue weighted by molar-refractivity contribution is 5.92. The maximum Gasteiger partial charge on any atom is 0.414 e. The maximum atomic E-state index is 14.7. The van der Waals surface area contributed by atoms with Crippen molar-refractivity contribution in [1.29, 1.82) is 0 Å². The van der Waals surface area contributed by atoms with Crippen LogP contribution in [0.5, 0.6) is 5.88 Å². The van der Waals surface area contributed by atoms with E-state index in [4.69, 9.17) is 9.47 Å². The SMILES string of the molecule is Cc1cc(N2C=CC(=O)CC2)c(F)cc1N1CC(COc2ccon2)OC1=O. The van der Waals surface area contributed by atoms with E-state index >= 15 is 0 Å². The molecule has 2 aromatic rings. The van der Waals surface area contributed by atoms with Gasteiger partial charge in [0, 0.05) is 31.3 Å². The predicted molar refractivity (Wildman–Crippen MR) is 96.9 cm³/mol. The summed E-state index contributed by atoms with van der Waals surface area (Å²) in [6, 6.07) is 4.53. The molecule has 2 aliphatic heterocycles. The van der Waals surface area contributed by atoms with Gasteiger partial charge in [0.15, 0.2) is 11.9 Å². The summed E-state index contributed by atoms with van der Waals surface area (Å²) in [5.74, 6) is -0.160. The van der Waals surface area contributed by atoms with Crippen molar-refractivity contribution in [3.63, 3.8) is 0 Å². The molecule has 0 bridgehead atoms. The smallest absolute Gasteiger partial charge is 0.414 e. The molecule has 146 valence electrons. The zero-order valence-corrected chi connectivity index (χ0v) is 15.1. The third-order valence-electron chi connectivity index (χ3n) is 4.61. The van der Waals surface area contributed by atoms with E-state index in [9.17, 15) is 14.0 Å². The van der Waals surface area contributed by atoms with Crippen LogP contribution < -0.4 is 14.5 Å². The van der Waals surface area contributed by atoms with Crippen LogP contribution in [0.1, 0.15) is 12.0 Å². The summed E-state index contributed by atoms with van der Waals surface area (Å²) in [5.41, 5.74) is 1.52. The van der Waals surface area contributed by atoms with Gasteiger partial charge in [0.1, 0.15) is 18.7 Å². The second-order valence-corrected chi connectivity index (χ2v) is 6.58. The van der Waals surface area contributed by atoms with Crippen molar-refractivity contribution in [1.82, 2.24) is 5.16 Å². The van der Waals surface area contributed by atoms with Gasteiger partial charge in [-0.2, -0.15) is 0 Å². The lowest BCUT2D eigenvalue weighted by molar-refractivity contribution is -0.114. The van der Waals surface area contributed by atoms with Gasteiger partial charge in [0.25, 0.3) is 5.88 Å². The molecule has 0 saturated carbocycles. The van der Waals surface area contributed by atoms with Crippen LogP contribution in [-0.2, 0) is 9.53 Å².